The third-order valence-corrected chi connectivity index (χ3v) is 2.39. The van der Waals surface area contributed by atoms with Gasteiger partial charge in [0, 0.05) is 12.7 Å². The molecule has 1 atom stereocenters. The maximum atomic E-state index is 11.5. The van der Waals surface area contributed by atoms with Crippen LogP contribution in [0.5, 0.6) is 0 Å². The van der Waals surface area contributed by atoms with Gasteiger partial charge in [0.2, 0.25) is 0 Å². The first kappa shape index (κ1) is 14.7. The van der Waals surface area contributed by atoms with E-state index in [4.69, 9.17) is 5.11 Å². The predicted octanol–water partition coefficient (Wildman–Crippen LogP) is 0.520. The number of rotatable bonds is 7. The second kappa shape index (κ2) is 7.20. The van der Waals surface area contributed by atoms with Crippen LogP contribution in [0.25, 0.3) is 0 Å². The van der Waals surface area contributed by atoms with Crippen molar-refractivity contribution in [2.24, 2.45) is 0 Å². The van der Waals surface area contributed by atoms with Gasteiger partial charge >= 0.3 is 12.0 Å². The molecule has 0 radical (unpaired) electrons. The first-order valence-electron chi connectivity index (χ1n) is 5.90. The number of carbonyl (C=O) groups is 2. The van der Waals surface area contributed by atoms with Crippen LogP contribution in [0.1, 0.15) is 12.0 Å². The second-order valence-electron chi connectivity index (χ2n) is 4.10. The highest BCUT2D eigenvalue weighted by Gasteiger charge is 2.17. The van der Waals surface area contributed by atoms with Gasteiger partial charge in [-0.3, -0.25) is 4.68 Å². The van der Waals surface area contributed by atoms with E-state index in [1.807, 2.05) is 13.1 Å². The minimum atomic E-state index is -1.09. The number of hydrogen-bond donors (Lipinski definition) is 3. The summed E-state index contributed by atoms with van der Waals surface area (Å²) in [6.07, 6.45) is 5.22. The molecule has 7 nitrogen and oxygen atoms in total. The molecule has 3 N–H and O–H groups in total. The SMILES string of the molecule is C=CCC(NC(=O)NCCn1cc(C)cn1)C(=O)O. The minimum Gasteiger partial charge on any atom is -0.480 e. The minimum absolute atomic E-state index is 0.182. The number of aliphatic carboxylic acids is 1. The summed E-state index contributed by atoms with van der Waals surface area (Å²) in [6.45, 7) is 6.27. The fourth-order valence-electron chi connectivity index (χ4n) is 1.47. The number of carboxylic acid groups (broad SMARTS) is 1. The fourth-order valence-corrected chi connectivity index (χ4v) is 1.47. The van der Waals surface area contributed by atoms with E-state index in [2.05, 4.69) is 22.3 Å². The normalized spacial score (nSPS) is 11.6. The summed E-state index contributed by atoms with van der Waals surface area (Å²) >= 11 is 0. The molecule has 1 aromatic rings. The van der Waals surface area contributed by atoms with Crippen molar-refractivity contribution < 1.29 is 14.7 Å². The van der Waals surface area contributed by atoms with Crippen LogP contribution in [-0.4, -0.2) is 39.5 Å². The van der Waals surface area contributed by atoms with Crippen LogP contribution in [-0.2, 0) is 11.3 Å². The van der Waals surface area contributed by atoms with Crippen LogP contribution in [0.4, 0.5) is 4.79 Å². The highest BCUT2D eigenvalue weighted by atomic mass is 16.4. The molecule has 0 aliphatic rings. The molecule has 0 aliphatic carbocycles. The molecule has 0 saturated carbocycles. The van der Waals surface area contributed by atoms with E-state index in [1.54, 1.807) is 10.9 Å². The zero-order valence-electron chi connectivity index (χ0n) is 10.8. The van der Waals surface area contributed by atoms with Crippen LogP contribution in [0.15, 0.2) is 25.0 Å². The Morgan fingerprint density at radius 2 is 2.37 bits per heavy atom. The number of nitrogens with zero attached hydrogens (tertiary/aromatic N) is 2. The number of amides is 2. The maximum absolute atomic E-state index is 11.5. The lowest BCUT2D eigenvalue weighted by Crippen LogP contribution is -2.46. The highest BCUT2D eigenvalue weighted by molar-refractivity contribution is 5.82. The number of aryl methyl sites for hydroxylation is 1. The molecule has 0 aliphatic heterocycles. The van der Waals surface area contributed by atoms with Gasteiger partial charge in [0.05, 0.1) is 12.7 Å². The number of aromatic nitrogens is 2. The largest absolute Gasteiger partial charge is 0.480 e. The Hall–Kier alpha value is -2.31. The van der Waals surface area contributed by atoms with Crippen molar-refractivity contribution in [1.82, 2.24) is 20.4 Å². The molecule has 19 heavy (non-hydrogen) atoms. The van der Waals surface area contributed by atoms with E-state index in [0.29, 0.717) is 13.1 Å². The standard InChI is InChI=1S/C12H18N4O3/c1-3-4-10(11(17)18)15-12(19)13-5-6-16-8-9(2)7-14-16/h3,7-8,10H,1,4-6H2,2H3,(H,17,18)(H2,13,15,19). The molecule has 0 fully saturated rings. The van der Waals surface area contributed by atoms with Crippen molar-refractivity contribution in [3.8, 4) is 0 Å². The quantitative estimate of drug-likeness (QED) is 0.627. The smallest absolute Gasteiger partial charge is 0.326 e. The van der Waals surface area contributed by atoms with Crippen LogP contribution < -0.4 is 10.6 Å². The van der Waals surface area contributed by atoms with Crippen molar-refractivity contribution in [2.45, 2.75) is 25.9 Å². The Kier molecular flexibility index (Phi) is 5.59. The van der Waals surface area contributed by atoms with E-state index in [9.17, 15) is 9.59 Å². The molecule has 0 spiro atoms. The lowest BCUT2D eigenvalue weighted by atomic mass is 10.2. The summed E-state index contributed by atoms with van der Waals surface area (Å²) in [5.74, 6) is -1.09. The van der Waals surface area contributed by atoms with Crippen molar-refractivity contribution in [3.63, 3.8) is 0 Å². The Morgan fingerprint density at radius 3 is 2.89 bits per heavy atom. The lowest BCUT2D eigenvalue weighted by molar-refractivity contribution is -0.139. The topological polar surface area (TPSA) is 96.3 Å². The zero-order valence-corrected chi connectivity index (χ0v) is 10.8. The number of carboxylic acids is 1. The average Bonchev–Trinajstić information content (AvgIpc) is 2.74. The van der Waals surface area contributed by atoms with Gasteiger partial charge in [-0.1, -0.05) is 6.08 Å². The molecule has 1 aromatic heterocycles. The monoisotopic (exact) mass is 266 g/mol. The molecular formula is C12H18N4O3. The van der Waals surface area contributed by atoms with Gasteiger partial charge in [0.25, 0.3) is 0 Å². The first-order valence-corrected chi connectivity index (χ1v) is 5.90. The van der Waals surface area contributed by atoms with Gasteiger partial charge in [-0.25, -0.2) is 9.59 Å². The molecule has 0 aromatic carbocycles. The Bertz CT molecular complexity index is 456. The fraction of sp³-hybridized carbons (Fsp3) is 0.417. The molecule has 1 heterocycles. The van der Waals surface area contributed by atoms with Crippen LogP contribution >= 0.6 is 0 Å². The summed E-state index contributed by atoms with van der Waals surface area (Å²) in [7, 11) is 0. The molecule has 104 valence electrons. The van der Waals surface area contributed by atoms with Crippen LogP contribution in [0.2, 0.25) is 0 Å². The number of nitrogens with one attached hydrogen (secondary N) is 2. The van der Waals surface area contributed by atoms with E-state index in [0.717, 1.165) is 5.56 Å². The average molecular weight is 266 g/mol. The number of hydrogen-bond acceptors (Lipinski definition) is 3. The third kappa shape index (κ3) is 5.24. The van der Waals surface area contributed by atoms with Crippen molar-refractivity contribution in [1.29, 1.82) is 0 Å². The van der Waals surface area contributed by atoms with Gasteiger partial charge in [-0.05, 0) is 18.9 Å². The van der Waals surface area contributed by atoms with Gasteiger partial charge in [0.1, 0.15) is 6.04 Å². The van der Waals surface area contributed by atoms with Crippen LogP contribution in [0.3, 0.4) is 0 Å². The molecule has 0 saturated heterocycles. The van der Waals surface area contributed by atoms with Crippen LogP contribution in [0, 0.1) is 6.92 Å². The molecule has 0 bridgehead atoms. The molecule has 1 rings (SSSR count). The zero-order chi connectivity index (χ0) is 14.3. The Morgan fingerprint density at radius 1 is 1.63 bits per heavy atom. The van der Waals surface area contributed by atoms with Gasteiger partial charge in [0.15, 0.2) is 0 Å². The molecule has 2 amide bonds. The Labute approximate surface area is 111 Å². The van der Waals surface area contributed by atoms with Gasteiger partial charge < -0.3 is 15.7 Å². The summed E-state index contributed by atoms with van der Waals surface area (Å²) in [6, 6.07) is -1.47. The summed E-state index contributed by atoms with van der Waals surface area (Å²) < 4.78 is 1.70. The molecule has 7 heteroatoms. The van der Waals surface area contributed by atoms with E-state index in [1.165, 1.54) is 6.08 Å². The number of urea groups is 1. The predicted molar refractivity (Wildman–Crippen MR) is 69.7 cm³/mol. The van der Waals surface area contributed by atoms with E-state index >= 15 is 0 Å². The molecule has 1 unspecified atom stereocenters. The third-order valence-electron chi connectivity index (χ3n) is 2.39. The van der Waals surface area contributed by atoms with Gasteiger partial charge in [-0.15, -0.1) is 6.58 Å². The Balaban J connectivity index is 2.30. The van der Waals surface area contributed by atoms with Crippen molar-refractivity contribution >= 4 is 12.0 Å². The second-order valence-corrected chi connectivity index (χ2v) is 4.10. The van der Waals surface area contributed by atoms with E-state index < -0.39 is 18.0 Å². The number of carbonyl (C=O) groups excluding carboxylic acids is 1. The maximum Gasteiger partial charge on any atom is 0.326 e. The van der Waals surface area contributed by atoms with E-state index in [-0.39, 0.29) is 6.42 Å². The first-order chi connectivity index (χ1) is 9.02. The summed E-state index contributed by atoms with van der Waals surface area (Å²) in [5, 5.41) is 17.9. The van der Waals surface area contributed by atoms with Gasteiger partial charge in [-0.2, -0.15) is 5.10 Å². The summed E-state index contributed by atoms with van der Waals surface area (Å²) in [4.78, 5) is 22.3. The summed E-state index contributed by atoms with van der Waals surface area (Å²) in [5.41, 5.74) is 1.04. The lowest BCUT2D eigenvalue weighted by Gasteiger charge is -2.13. The molecular weight excluding hydrogens is 248 g/mol. The van der Waals surface area contributed by atoms with Crippen molar-refractivity contribution in [2.75, 3.05) is 6.54 Å². The highest BCUT2D eigenvalue weighted by Crippen LogP contribution is 1.94. The van der Waals surface area contributed by atoms with Crippen molar-refractivity contribution in [3.05, 3.63) is 30.6 Å².